The molecule has 0 aromatic rings. The van der Waals surface area contributed by atoms with E-state index in [0.717, 1.165) is 18.9 Å². The Morgan fingerprint density at radius 2 is 1.62 bits per heavy atom. The maximum atomic E-state index is 5.47. The fraction of sp³-hybridized carbons (Fsp3) is 1.00. The summed E-state index contributed by atoms with van der Waals surface area (Å²) in [4.78, 5) is 0. The molecular weight excluding hydrogens is 223 g/mol. The molecule has 0 amide bonds. The van der Waals surface area contributed by atoms with E-state index in [1.165, 1.54) is 32.1 Å². The number of unbranched alkanes of at least 4 members (excludes halogenated alkanes) is 4. The zero-order valence-corrected chi connectivity index (χ0v) is 11.5. The van der Waals surface area contributed by atoms with E-state index in [1.54, 1.807) is 0 Å². The minimum absolute atomic E-state index is 0.695. The van der Waals surface area contributed by atoms with E-state index in [4.69, 9.17) is 13.6 Å². The summed E-state index contributed by atoms with van der Waals surface area (Å²) < 4.78 is 16.0. The molecule has 0 N–H and O–H groups in total. The molecule has 0 spiro atoms. The molecule has 96 valence electrons. The van der Waals surface area contributed by atoms with Gasteiger partial charge in [0.15, 0.2) is 0 Å². The molecule has 1 fully saturated rings. The van der Waals surface area contributed by atoms with Gasteiger partial charge in [-0.1, -0.05) is 46.0 Å². The highest BCUT2D eigenvalue weighted by Gasteiger charge is 2.17. The maximum Gasteiger partial charge on any atom is 0.332 e. The number of rotatable bonds is 9. The molecule has 0 aliphatic carbocycles. The van der Waals surface area contributed by atoms with Crippen LogP contribution in [0.15, 0.2) is 0 Å². The molecule has 1 heterocycles. The van der Waals surface area contributed by atoms with Gasteiger partial charge >= 0.3 is 8.60 Å². The highest BCUT2D eigenvalue weighted by molar-refractivity contribution is 7.41. The van der Waals surface area contributed by atoms with Crippen molar-refractivity contribution < 1.29 is 13.6 Å². The van der Waals surface area contributed by atoms with Crippen molar-refractivity contribution >= 4 is 8.60 Å². The Balaban J connectivity index is 1.74. The van der Waals surface area contributed by atoms with E-state index in [0.29, 0.717) is 13.2 Å². The van der Waals surface area contributed by atoms with Crippen molar-refractivity contribution in [3.63, 3.8) is 0 Å². The summed E-state index contributed by atoms with van der Waals surface area (Å²) in [6.07, 6.45) is 7.82. The molecule has 0 radical (unpaired) electrons. The molecule has 0 saturated carbocycles. The van der Waals surface area contributed by atoms with E-state index in [-0.39, 0.29) is 0 Å². The summed E-state index contributed by atoms with van der Waals surface area (Å²) in [6, 6.07) is 0. The molecule has 0 atom stereocenters. The molecule has 16 heavy (non-hydrogen) atoms. The number of hydrogen-bond donors (Lipinski definition) is 0. The summed E-state index contributed by atoms with van der Waals surface area (Å²) in [5.41, 5.74) is 0. The lowest BCUT2D eigenvalue weighted by Gasteiger charge is -2.07. The predicted octanol–water partition coefficient (Wildman–Crippen LogP) is 4.27. The van der Waals surface area contributed by atoms with E-state index >= 15 is 0 Å². The Bertz CT molecular complexity index is 158. The van der Waals surface area contributed by atoms with Crippen LogP contribution in [0, 0.1) is 5.92 Å². The van der Waals surface area contributed by atoms with Gasteiger partial charge < -0.3 is 13.6 Å². The average Bonchev–Trinajstić information content (AvgIpc) is 2.74. The Labute approximate surface area is 101 Å². The molecule has 0 bridgehead atoms. The van der Waals surface area contributed by atoms with Gasteiger partial charge in [-0.3, -0.25) is 0 Å². The van der Waals surface area contributed by atoms with Crippen LogP contribution in [0.2, 0.25) is 0 Å². The zero-order chi connectivity index (χ0) is 11.6. The van der Waals surface area contributed by atoms with Crippen LogP contribution in [0.1, 0.15) is 52.4 Å². The first kappa shape index (κ1) is 14.4. The first-order valence-electron chi connectivity index (χ1n) is 6.48. The second-order valence-corrected chi connectivity index (χ2v) is 5.90. The molecule has 1 saturated heterocycles. The molecule has 1 aliphatic rings. The Morgan fingerprint density at radius 1 is 1.00 bits per heavy atom. The smallest absolute Gasteiger partial charge is 0.312 e. The van der Waals surface area contributed by atoms with Crippen LogP contribution in [-0.4, -0.2) is 19.8 Å². The van der Waals surface area contributed by atoms with Crippen LogP contribution in [0.25, 0.3) is 0 Å². The van der Waals surface area contributed by atoms with E-state index in [2.05, 4.69) is 13.8 Å². The van der Waals surface area contributed by atoms with Gasteiger partial charge in [0.25, 0.3) is 0 Å². The SMILES string of the molecule is CC(C)CCCCCCCOP1OCCO1. The number of hydrogen-bond acceptors (Lipinski definition) is 3. The first-order chi connectivity index (χ1) is 7.79. The molecule has 3 nitrogen and oxygen atoms in total. The Kier molecular flexibility index (Phi) is 8.40. The molecule has 1 rings (SSSR count). The van der Waals surface area contributed by atoms with Crippen LogP contribution in [0.5, 0.6) is 0 Å². The molecule has 0 aromatic carbocycles. The van der Waals surface area contributed by atoms with E-state index in [9.17, 15) is 0 Å². The van der Waals surface area contributed by atoms with Crippen molar-refractivity contribution in [1.82, 2.24) is 0 Å². The summed E-state index contributed by atoms with van der Waals surface area (Å²) in [5, 5.41) is 0. The van der Waals surface area contributed by atoms with E-state index in [1.807, 2.05) is 0 Å². The zero-order valence-electron chi connectivity index (χ0n) is 10.6. The summed E-state index contributed by atoms with van der Waals surface area (Å²) in [6.45, 7) is 6.76. The van der Waals surface area contributed by atoms with Gasteiger partial charge in [-0.2, -0.15) is 0 Å². The highest BCUT2D eigenvalue weighted by atomic mass is 31.2. The molecule has 4 heteroatoms. The van der Waals surface area contributed by atoms with Gasteiger partial charge in [0, 0.05) is 0 Å². The lowest BCUT2D eigenvalue weighted by atomic mass is 10.0. The fourth-order valence-corrected chi connectivity index (χ4v) is 2.61. The molecular formula is C12H25O3P. The van der Waals surface area contributed by atoms with Crippen LogP contribution in [0.4, 0.5) is 0 Å². The predicted molar refractivity (Wildman–Crippen MR) is 67.3 cm³/mol. The summed E-state index contributed by atoms with van der Waals surface area (Å²) in [7, 11) is -0.981. The van der Waals surface area contributed by atoms with Gasteiger partial charge in [-0.25, -0.2) is 0 Å². The second kappa shape index (κ2) is 9.35. The Hall–Kier alpha value is 0.310. The molecule has 0 aromatic heterocycles. The highest BCUT2D eigenvalue weighted by Crippen LogP contribution is 2.43. The largest absolute Gasteiger partial charge is 0.332 e. The van der Waals surface area contributed by atoms with E-state index < -0.39 is 8.60 Å². The lowest BCUT2D eigenvalue weighted by Crippen LogP contribution is -1.91. The average molecular weight is 248 g/mol. The van der Waals surface area contributed by atoms with Gasteiger partial charge in [-0.05, 0) is 12.3 Å². The maximum absolute atomic E-state index is 5.47. The van der Waals surface area contributed by atoms with Crippen molar-refractivity contribution in [3.8, 4) is 0 Å². The third-order valence-electron chi connectivity index (χ3n) is 2.60. The van der Waals surface area contributed by atoms with Crippen molar-refractivity contribution in [2.75, 3.05) is 19.8 Å². The van der Waals surface area contributed by atoms with Crippen molar-refractivity contribution in [2.45, 2.75) is 52.4 Å². The van der Waals surface area contributed by atoms with Crippen molar-refractivity contribution in [2.24, 2.45) is 5.92 Å². The van der Waals surface area contributed by atoms with Gasteiger partial charge in [0.1, 0.15) is 0 Å². The molecule has 0 unspecified atom stereocenters. The van der Waals surface area contributed by atoms with Crippen LogP contribution >= 0.6 is 8.60 Å². The molecule has 1 aliphatic heterocycles. The van der Waals surface area contributed by atoms with Gasteiger partial charge in [-0.15, -0.1) is 0 Å². The van der Waals surface area contributed by atoms with Crippen molar-refractivity contribution in [3.05, 3.63) is 0 Å². The summed E-state index contributed by atoms with van der Waals surface area (Å²) in [5.74, 6) is 0.850. The van der Waals surface area contributed by atoms with Crippen LogP contribution < -0.4 is 0 Å². The monoisotopic (exact) mass is 248 g/mol. The van der Waals surface area contributed by atoms with Gasteiger partial charge in [0.2, 0.25) is 0 Å². The fourth-order valence-electron chi connectivity index (χ4n) is 1.66. The first-order valence-corrected chi connectivity index (χ1v) is 7.57. The second-order valence-electron chi connectivity index (χ2n) is 4.67. The van der Waals surface area contributed by atoms with Crippen LogP contribution in [-0.2, 0) is 13.6 Å². The third kappa shape index (κ3) is 7.56. The minimum atomic E-state index is -0.981. The summed E-state index contributed by atoms with van der Waals surface area (Å²) >= 11 is 0. The van der Waals surface area contributed by atoms with Crippen molar-refractivity contribution in [1.29, 1.82) is 0 Å². The standard InChI is InChI=1S/C12H25O3P/c1-12(2)8-6-4-3-5-7-9-13-16-14-10-11-15-16/h12H,3-11H2,1-2H3. The minimum Gasteiger partial charge on any atom is -0.312 e. The van der Waals surface area contributed by atoms with Crippen LogP contribution in [0.3, 0.4) is 0 Å². The van der Waals surface area contributed by atoms with Gasteiger partial charge in [0.05, 0.1) is 19.8 Å². The normalized spacial score (nSPS) is 17.4. The lowest BCUT2D eigenvalue weighted by molar-refractivity contribution is 0.241. The Morgan fingerprint density at radius 3 is 2.31 bits per heavy atom. The topological polar surface area (TPSA) is 27.7 Å². The quantitative estimate of drug-likeness (QED) is 0.450. The third-order valence-corrected chi connectivity index (χ3v) is 3.78.